The smallest absolute Gasteiger partial charge is 0.149 e. The third-order valence-corrected chi connectivity index (χ3v) is 2.36. The van der Waals surface area contributed by atoms with Crippen molar-refractivity contribution < 1.29 is 9.16 Å². The Kier molecular flexibility index (Phi) is 9.33. The quantitative estimate of drug-likeness (QED) is 0.329. The van der Waals surface area contributed by atoms with Gasteiger partial charge in [-0.1, -0.05) is 33.1 Å². The first-order chi connectivity index (χ1) is 5.85. The molecule has 0 fully saturated rings. The molecule has 3 heteroatoms. The van der Waals surface area contributed by atoms with E-state index >= 15 is 0 Å². The standard InChI is InChI=1S/C9H22O2Si/c1-3-5-6-8-10-9(11-12)7-4-2/h9H,3-8H2,1-2,12H3. The molecule has 0 radical (unpaired) electrons. The molecule has 74 valence electrons. The Labute approximate surface area is 79.2 Å². The maximum absolute atomic E-state index is 5.55. The average Bonchev–Trinajstić information content (AvgIpc) is 2.10. The van der Waals surface area contributed by atoms with E-state index in [2.05, 4.69) is 13.8 Å². The van der Waals surface area contributed by atoms with Crippen molar-refractivity contribution in [3.05, 3.63) is 0 Å². The molecule has 0 aliphatic heterocycles. The van der Waals surface area contributed by atoms with Crippen molar-refractivity contribution in [2.45, 2.75) is 52.2 Å². The largest absolute Gasteiger partial charge is 0.404 e. The van der Waals surface area contributed by atoms with E-state index in [4.69, 9.17) is 9.16 Å². The van der Waals surface area contributed by atoms with Crippen LogP contribution in [-0.2, 0) is 9.16 Å². The number of ether oxygens (including phenoxy) is 1. The third kappa shape index (κ3) is 6.82. The second-order valence-electron chi connectivity index (χ2n) is 3.03. The Morgan fingerprint density at radius 3 is 2.42 bits per heavy atom. The summed E-state index contributed by atoms with van der Waals surface area (Å²) in [6.07, 6.45) is 5.94. The molecule has 0 aromatic rings. The van der Waals surface area contributed by atoms with Gasteiger partial charge in [-0.15, -0.1) is 0 Å². The summed E-state index contributed by atoms with van der Waals surface area (Å²) in [5.74, 6) is 0. The van der Waals surface area contributed by atoms with E-state index in [0.717, 1.165) is 29.9 Å². The van der Waals surface area contributed by atoms with Crippen molar-refractivity contribution in [3.8, 4) is 0 Å². The van der Waals surface area contributed by atoms with Crippen molar-refractivity contribution in [2.75, 3.05) is 6.61 Å². The lowest BCUT2D eigenvalue weighted by atomic mass is 10.3. The zero-order valence-corrected chi connectivity index (χ0v) is 10.6. The predicted molar refractivity (Wildman–Crippen MR) is 55.2 cm³/mol. The van der Waals surface area contributed by atoms with E-state index in [-0.39, 0.29) is 6.29 Å². The Hall–Kier alpha value is 0.137. The topological polar surface area (TPSA) is 18.5 Å². The minimum atomic E-state index is 0.0820. The summed E-state index contributed by atoms with van der Waals surface area (Å²) < 4.78 is 10.8. The molecule has 0 aromatic carbocycles. The van der Waals surface area contributed by atoms with Gasteiger partial charge in [0.15, 0.2) is 0 Å². The molecule has 0 bridgehead atoms. The van der Waals surface area contributed by atoms with Gasteiger partial charge in [0, 0.05) is 6.61 Å². The fourth-order valence-electron chi connectivity index (χ4n) is 1.07. The first kappa shape index (κ1) is 12.1. The zero-order valence-electron chi connectivity index (χ0n) is 8.64. The van der Waals surface area contributed by atoms with Gasteiger partial charge >= 0.3 is 0 Å². The second-order valence-corrected chi connectivity index (χ2v) is 3.50. The summed E-state index contributed by atoms with van der Waals surface area (Å²) in [5, 5.41) is 0. The Bertz CT molecular complexity index is 88.6. The monoisotopic (exact) mass is 190 g/mol. The van der Waals surface area contributed by atoms with Crippen molar-refractivity contribution in [3.63, 3.8) is 0 Å². The first-order valence-electron chi connectivity index (χ1n) is 4.99. The summed E-state index contributed by atoms with van der Waals surface area (Å²) in [7, 11) is 0.781. The highest BCUT2D eigenvalue weighted by Crippen LogP contribution is 2.04. The minimum absolute atomic E-state index is 0.0820. The molecule has 1 atom stereocenters. The van der Waals surface area contributed by atoms with Gasteiger partial charge in [0.1, 0.15) is 16.8 Å². The van der Waals surface area contributed by atoms with Crippen LogP contribution in [0.15, 0.2) is 0 Å². The van der Waals surface area contributed by atoms with Crippen molar-refractivity contribution in [1.82, 2.24) is 0 Å². The summed E-state index contributed by atoms with van der Waals surface area (Å²) in [6.45, 7) is 5.22. The van der Waals surface area contributed by atoms with Crippen LogP contribution in [0.2, 0.25) is 0 Å². The molecular formula is C9H22O2Si. The van der Waals surface area contributed by atoms with Crippen LogP contribution >= 0.6 is 0 Å². The summed E-state index contributed by atoms with van der Waals surface area (Å²) in [6, 6.07) is 0. The van der Waals surface area contributed by atoms with Crippen LogP contribution in [0.5, 0.6) is 0 Å². The van der Waals surface area contributed by atoms with Crippen LogP contribution in [0.4, 0.5) is 0 Å². The van der Waals surface area contributed by atoms with Crippen LogP contribution in [0.1, 0.15) is 46.0 Å². The lowest BCUT2D eigenvalue weighted by Crippen LogP contribution is -2.16. The van der Waals surface area contributed by atoms with Crippen LogP contribution in [0.3, 0.4) is 0 Å². The highest BCUT2D eigenvalue weighted by molar-refractivity contribution is 5.98. The van der Waals surface area contributed by atoms with E-state index in [9.17, 15) is 0 Å². The van der Waals surface area contributed by atoms with Gasteiger partial charge in [-0.3, -0.25) is 0 Å². The lowest BCUT2D eigenvalue weighted by Gasteiger charge is -2.15. The van der Waals surface area contributed by atoms with Gasteiger partial charge < -0.3 is 9.16 Å². The van der Waals surface area contributed by atoms with E-state index in [1.54, 1.807) is 0 Å². The molecule has 0 saturated carbocycles. The van der Waals surface area contributed by atoms with Gasteiger partial charge in [-0.2, -0.15) is 0 Å². The second kappa shape index (κ2) is 9.23. The van der Waals surface area contributed by atoms with Gasteiger partial charge in [0.2, 0.25) is 0 Å². The van der Waals surface area contributed by atoms with Crippen molar-refractivity contribution >= 4 is 10.5 Å². The summed E-state index contributed by atoms with van der Waals surface area (Å²) >= 11 is 0. The average molecular weight is 190 g/mol. The van der Waals surface area contributed by atoms with E-state index in [0.29, 0.717) is 0 Å². The van der Waals surface area contributed by atoms with Crippen molar-refractivity contribution in [2.24, 2.45) is 0 Å². The fraction of sp³-hybridized carbons (Fsp3) is 1.00. The number of unbranched alkanes of at least 4 members (excludes halogenated alkanes) is 2. The molecule has 0 saturated heterocycles. The maximum Gasteiger partial charge on any atom is 0.149 e. The number of hydrogen-bond acceptors (Lipinski definition) is 2. The maximum atomic E-state index is 5.55. The SMILES string of the molecule is CCCCCOC(CCC)O[SiH3]. The van der Waals surface area contributed by atoms with Gasteiger partial charge in [0.05, 0.1) is 0 Å². The Morgan fingerprint density at radius 2 is 1.92 bits per heavy atom. The molecule has 0 N–H and O–H groups in total. The van der Waals surface area contributed by atoms with Gasteiger partial charge in [-0.25, -0.2) is 0 Å². The van der Waals surface area contributed by atoms with Crippen LogP contribution in [0.25, 0.3) is 0 Å². The van der Waals surface area contributed by atoms with Crippen LogP contribution in [-0.4, -0.2) is 23.4 Å². The molecule has 0 aliphatic carbocycles. The fourth-order valence-corrected chi connectivity index (χ4v) is 1.44. The molecule has 0 aliphatic rings. The molecule has 12 heavy (non-hydrogen) atoms. The summed E-state index contributed by atoms with van der Waals surface area (Å²) in [5.41, 5.74) is 0. The van der Waals surface area contributed by atoms with E-state index < -0.39 is 0 Å². The van der Waals surface area contributed by atoms with Gasteiger partial charge in [-0.05, 0) is 12.8 Å². The number of rotatable bonds is 8. The van der Waals surface area contributed by atoms with E-state index in [1.807, 2.05) is 0 Å². The normalized spacial score (nSPS) is 13.5. The van der Waals surface area contributed by atoms with Crippen molar-refractivity contribution in [1.29, 1.82) is 0 Å². The molecule has 2 nitrogen and oxygen atoms in total. The molecule has 1 unspecified atom stereocenters. The predicted octanol–water partition coefficient (Wildman–Crippen LogP) is 1.62. The third-order valence-electron chi connectivity index (χ3n) is 1.84. The van der Waals surface area contributed by atoms with Crippen LogP contribution in [0, 0.1) is 0 Å². The lowest BCUT2D eigenvalue weighted by molar-refractivity contribution is -0.0821. The first-order valence-corrected chi connectivity index (χ1v) is 5.81. The molecule has 0 amide bonds. The Morgan fingerprint density at radius 1 is 1.17 bits per heavy atom. The van der Waals surface area contributed by atoms with E-state index in [1.165, 1.54) is 19.3 Å². The highest BCUT2D eigenvalue weighted by Gasteiger charge is 2.03. The highest BCUT2D eigenvalue weighted by atomic mass is 28.2. The molecule has 0 spiro atoms. The molecule has 0 heterocycles. The number of hydrogen-bond donors (Lipinski definition) is 0. The molecular weight excluding hydrogens is 168 g/mol. The van der Waals surface area contributed by atoms with Crippen LogP contribution < -0.4 is 0 Å². The van der Waals surface area contributed by atoms with Gasteiger partial charge in [0.25, 0.3) is 0 Å². The Balaban J connectivity index is 3.19. The summed E-state index contributed by atoms with van der Waals surface area (Å²) in [4.78, 5) is 0. The molecule has 0 rings (SSSR count). The minimum Gasteiger partial charge on any atom is -0.404 e. The zero-order chi connectivity index (χ0) is 9.23. The molecule has 0 aromatic heterocycles.